The predicted octanol–water partition coefficient (Wildman–Crippen LogP) is 0.656. The predicted molar refractivity (Wildman–Crippen MR) is 134 cm³/mol. The molecule has 3 aliphatic rings. The maximum Gasteiger partial charge on any atom is 0.223 e. The van der Waals surface area contributed by atoms with Gasteiger partial charge in [0.25, 0.3) is 0 Å². The van der Waals surface area contributed by atoms with Gasteiger partial charge in [0, 0.05) is 38.3 Å². The van der Waals surface area contributed by atoms with E-state index in [0.29, 0.717) is 17.8 Å². The molecule has 2 atom stereocenters. The summed E-state index contributed by atoms with van der Waals surface area (Å²) in [7, 11) is 1.79. The Morgan fingerprint density at radius 2 is 1.32 bits per heavy atom. The lowest BCUT2D eigenvalue weighted by Crippen LogP contribution is -2.33. The number of nitrogens with zero attached hydrogens (tertiary/aromatic N) is 6. The van der Waals surface area contributed by atoms with Crippen molar-refractivity contribution in [2.75, 3.05) is 65.3 Å². The molecule has 0 unspecified atom stereocenters. The summed E-state index contributed by atoms with van der Waals surface area (Å²) >= 11 is 0. The molecule has 12 heteroatoms. The first-order valence-corrected chi connectivity index (χ1v) is 12.0. The zero-order valence-electron chi connectivity index (χ0n) is 19.7. The van der Waals surface area contributed by atoms with Crippen LogP contribution in [0, 0.1) is 0 Å². The smallest absolute Gasteiger partial charge is 0.223 e. The van der Waals surface area contributed by atoms with Gasteiger partial charge in [0.1, 0.15) is 23.3 Å². The molecule has 0 radical (unpaired) electrons. The van der Waals surface area contributed by atoms with Gasteiger partial charge in [-0.2, -0.15) is 19.9 Å². The van der Waals surface area contributed by atoms with Gasteiger partial charge < -0.3 is 42.1 Å². The van der Waals surface area contributed by atoms with Crippen LogP contribution in [0.1, 0.15) is 38.5 Å². The van der Waals surface area contributed by atoms with Gasteiger partial charge in [0.05, 0.1) is 25.3 Å². The summed E-state index contributed by atoms with van der Waals surface area (Å²) in [6.45, 7) is 2.14. The van der Waals surface area contributed by atoms with E-state index in [2.05, 4.69) is 40.4 Å². The van der Waals surface area contributed by atoms with Crippen molar-refractivity contribution >= 4 is 35.2 Å². The average Bonchev–Trinajstić information content (AvgIpc) is 3.32. The van der Waals surface area contributed by atoms with Crippen molar-refractivity contribution < 1.29 is 10.2 Å². The summed E-state index contributed by atoms with van der Waals surface area (Å²) in [5.41, 5.74) is 11.4. The molecule has 2 aromatic heterocycles. The van der Waals surface area contributed by atoms with Crippen molar-refractivity contribution in [2.45, 2.75) is 56.7 Å². The monoisotopic (exact) mass is 472 g/mol. The van der Waals surface area contributed by atoms with E-state index in [-0.39, 0.29) is 31.2 Å². The van der Waals surface area contributed by atoms with Crippen molar-refractivity contribution in [3.8, 4) is 0 Å². The van der Waals surface area contributed by atoms with Crippen LogP contribution in [0.15, 0.2) is 12.1 Å². The van der Waals surface area contributed by atoms with E-state index in [9.17, 15) is 10.2 Å². The number of aliphatic hydroxyl groups is 2. The summed E-state index contributed by atoms with van der Waals surface area (Å²) in [5, 5.41) is 24.9. The van der Waals surface area contributed by atoms with Crippen LogP contribution in [0.5, 0.6) is 0 Å². The van der Waals surface area contributed by atoms with Gasteiger partial charge in [-0.05, 0) is 38.5 Å². The van der Waals surface area contributed by atoms with Gasteiger partial charge in [0.15, 0.2) is 0 Å². The second-order valence-corrected chi connectivity index (χ2v) is 8.95. The van der Waals surface area contributed by atoms with Gasteiger partial charge in [0.2, 0.25) is 11.9 Å². The van der Waals surface area contributed by atoms with Crippen molar-refractivity contribution in [1.82, 2.24) is 19.9 Å². The Bertz CT molecular complexity index is 957. The minimum atomic E-state index is 0.152. The van der Waals surface area contributed by atoms with Crippen molar-refractivity contribution in [3.63, 3.8) is 0 Å². The first kappa shape index (κ1) is 24.0. The van der Waals surface area contributed by atoms with Crippen molar-refractivity contribution in [1.29, 1.82) is 0 Å². The summed E-state index contributed by atoms with van der Waals surface area (Å²) in [6.07, 6.45) is 6.55. The summed E-state index contributed by atoms with van der Waals surface area (Å²) in [4.78, 5) is 20.9. The van der Waals surface area contributed by atoms with Gasteiger partial charge in [-0.3, -0.25) is 0 Å². The number of aromatic nitrogens is 4. The lowest BCUT2D eigenvalue weighted by molar-refractivity contribution is 0.266. The van der Waals surface area contributed by atoms with Gasteiger partial charge in [-0.1, -0.05) is 0 Å². The molecule has 0 spiro atoms. The molecule has 12 nitrogen and oxygen atoms in total. The molecule has 2 aromatic rings. The highest BCUT2D eigenvalue weighted by Gasteiger charge is 2.27. The molecule has 0 bridgehead atoms. The van der Waals surface area contributed by atoms with E-state index in [1.165, 1.54) is 12.8 Å². The van der Waals surface area contributed by atoms with Crippen LogP contribution in [0.2, 0.25) is 0 Å². The average molecular weight is 473 g/mol. The number of aliphatic hydroxyl groups excluding tert-OH is 2. The Morgan fingerprint density at radius 1 is 0.824 bits per heavy atom. The topological polar surface area (TPSA) is 175 Å². The zero-order chi connectivity index (χ0) is 24.1. The SMILES string of the molecule is CNc1cc(N2CCC[C@H]2CO)nc(N)n1.Nc1nc(NC2CC2)cc(N2CCC[C@H]2CO)n1. The van der Waals surface area contributed by atoms with Crippen molar-refractivity contribution in [3.05, 3.63) is 12.1 Å². The van der Waals surface area contributed by atoms with E-state index in [1.807, 2.05) is 12.1 Å². The third-order valence-electron chi connectivity index (χ3n) is 6.41. The highest BCUT2D eigenvalue weighted by molar-refractivity contribution is 5.55. The Morgan fingerprint density at radius 3 is 1.79 bits per heavy atom. The van der Waals surface area contributed by atoms with Crippen molar-refractivity contribution in [2.24, 2.45) is 0 Å². The van der Waals surface area contributed by atoms with Crippen LogP contribution in [-0.2, 0) is 0 Å². The molecule has 8 N–H and O–H groups in total. The largest absolute Gasteiger partial charge is 0.394 e. The molecule has 0 aromatic carbocycles. The Labute approximate surface area is 199 Å². The fourth-order valence-corrected chi connectivity index (χ4v) is 4.49. The van der Waals surface area contributed by atoms with Crippen LogP contribution in [0.4, 0.5) is 35.2 Å². The van der Waals surface area contributed by atoms with Crippen LogP contribution in [-0.4, -0.2) is 81.6 Å². The van der Waals surface area contributed by atoms with Crippen LogP contribution >= 0.6 is 0 Å². The van der Waals surface area contributed by atoms with E-state index >= 15 is 0 Å². The third-order valence-corrected chi connectivity index (χ3v) is 6.41. The van der Waals surface area contributed by atoms with Crippen LogP contribution in [0.25, 0.3) is 0 Å². The second kappa shape index (κ2) is 10.9. The summed E-state index contributed by atoms with van der Waals surface area (Å²) in [5.74, 6) is 3.65. The fraction of sp³-hybridized carbons (Fsp3) is 0.636. The summed E-state index contributed by atoms with van der Waals surface area (Å²) in [6, 6.07) is 4.64. The molecule has 5 rings (SSSR count). The first-order valence-electron chi connectivity index (χ1n) is 12.0. The van der Waals surface area contributed by atoms with Gasteiger partial charge in [-0.15, -0.1) is 0 Å². The third kappa shape index (κ3) is 5.86. The van der Waals surface area contributed by atoms with Gasteiger partial charge >= 0.3 is 0 Å². The lowest BCUT2D eigenvalue weighted by Gasteiger charge is -2.24. The van der Waals surface area contributed by atoms with Crippen LogP contribution < -0.4 is 31.9 Å². The molecular formula is C22H36N10O2. The molecule has 1 saturated carbocycles. The molecule has 4 heterocycles. The quantitative estimate of drug-likeness (QED) is 0.332. The van der Waals surface area contributed by atoms with Crippen LogP contribution in [0.3, 0.4) is 0 Å². The number of anilines is 6. The van der Waals surface area contributed by atoms with E-state index in [1.54, 1.807) is 7.05 Å². The number of rotatable bonds is 7. The molecule has 186 valence electrons. The Hall–Kier alpha value is -3.12. The lowest BCUT2D eigenvalue weighted by atomic mass is 10.2. The fourth-order valence-electron chi connectivity index (χ4n) is 4.49. The molecule has 3 fully saturated rings. The minimum absolute atomic E-state index is 0.152. The number of hydrogen-bond acceptors (Lipinski definition) is 12. The normalized spacial score (nSPS) is 21.9. The Kier molecular flexibility index (Phi) is 7.68. The molecule has 1 aliphatic carbocycles. The number of hydrogen-bond donors (Lipinski definition) is 6. The number of nitrogens with two attached hydrogens (primary N) is 2. The molecule has 2 aliphatic heterocycles. The number of nitrogens with one attached hydrogen (secondary N) is 2. The minimum Gasteiger partial charge on any atom is -0.394 e. The van der Waals surface area contributed by atoms with Gasteiger partial charge in [-0.25, -0.2) is 0 Å². The maximum absolute atomic E-state index is 9.36. The maximum atomic E-state index is 9.36. The molecular weight excluding hydrogens is 436 g/mol. The molecule has 2 saturated heterocycles. The van der Waals surface area contributed by atoms with E-state index in [0.717, 1.165) is 56.2 Å². The zero-order valence-corrected chi connectivity index (χ0v) is 19.7. The molecule has 0 amide bonds. The second-order valence-electron chi connectivity index (χ2n) is 8.95. The summed E-state index contributed by atoms with van der Waals surface area (Å²) < 4.78 is 0. The number of nitrogen functional groups attached to an aromatic ring is 2. The Balaban J connectivity index is 0.000000162. The standard InChI is InChI=1S/C12H19N5O.C10H17N5O/c13-12-15-10(14-8-3-4-8)6-11(16-12)17-5-1-2-9(17)7-18;1-12-8-5-9(14-10(11)13-8)15-4-2-3-7(15)6-16/h6,8-9,18H,1-5,7H2,(H3,13,14,15,16);5,7,16H,2-4,6H2,1H3,(H3,11,12,13,14)/t9-;7-/m00/s1. The highest BCUT2D eigenvalue weighted by Crippen LogP contribution is 2.29. The molecule has 34 heavy (non-hydrogen) atoms. The van der Waals surface area contributed by atoms with E-state index in [4.69, 9.17) is 11.5 Å². The van der Waals surface area contributed by atoms with E-state index < -0.39 is 0 Å². The first-order chi connectivity index (χ1) is 16.5. The highest BCUT2D eigenvalue weighted by atomic mass is 16.3.